The maximum absolute atomic E-state index is 6.15. The number of hydrogen-bond acceptors (Lipinski definition) is 2. The van der Waals surface area contributed by atoms with Crippen molar-refractivity contribution in [2.75, 3.05) is 13.2 Å². The van der Waals surface area contributed by atoms with Gasteiger partial charge in [-0.2, -0.15) is 0 Å². The van der Waals surface area contributed by atoms with Crippen LogP contribution in [0.15, 0.2) is 73.3 Å². The molecule has 0 amide bonds. The fourth-order valence-electron chi connectivity index (χ4n) is 5.21. The molecule has 0 N–H and O–H groups in total. The maximum Gasteiger partial charge on any atom is 0.0717 e. The van der Waals surface area contributed by atoms with Gasteiger partial charge in [-0.05, 0) is 53.6 Å². The highest BCUT2D eigenvalue weighted by Gasteiger charge is 2.51. The molecule has 0 aliphatic heterocycles. The van der Waals surface area contributed by atoms with E-state index in [9.17, 15) is 0 Å². The van der Waals surface area contributed by atoms with Gasteiger partial charge in [-0.15, -0.1) is 6.58 Å². The normalized spacial score (nSPS) is 29.1. The second-order valence-electron chi connectivity index (χ2n) is 8.12. The van der Waals surface area contributed by atoms with Gasteiger partial charge in [0, 0.05) is 0 Å². The summed E-state index contributed by atoms with van der Waals surface area (Å²) in [5.74, 6) is 3.34. The Hall–Kier alpha value is -1.90. The van der Waals surface area contributed by atoms with Crippen LogP contribution in [0, 0.1) is 29.6 Å². The molecule has 4 rings (SSSR count). The van der Waals surface area contributed by atoms with E-state index in [4.69, 9.17) is 9.47 Å². The second-order valence-corrected chi connectivity index (χ2v) is 8.12. The van der Waals surface area contributed by atoms with E-state index in [1.807, 2.05) is 6.07 Å². The van der Waals surface area contributed by atoms with Crippen molar-refractivity contribution in [1.82, 2.24) is 0 Å². The van der Waals surface area contributed by atoms with Crippen molar-refractivity contribution in [3.8, 4) is 0 Å². The van der Waals surface area contributed by atoms with E-state index in [1.54, 1.807) is 0 Å². The van der Waals surface area contributed by atoms with Gasteiger partial charge in [0.1, 0.15) is 0 Å². The van der Waals surface area contributed by atoms with Crippen LogP contribution in [-0.4, -0.2) is 13.2 Å². The second kappa shape index (κ2) is 8.86. The van der Waals surface area contributed by atoms with Crippen LogP contribution in [0.2, 0.25) is 0 Å². The van der Waals surface area contributed by atoms with Crippen molar-refractivity contribution in [3.63, 3.8) is 0 Å². The summed E-state index contributed by atoms with van der Waals surface area (Å²) in [4.78, 5) is 0. The van der Waals surface area contributed by atoms with Crippen LogP contribution >= 0.6 is 0 Å². The first-order valence-corrected chi connectivity index (χ1v) is 10.2. The number of rotatable bonds is 9. The number of allylic oxidation sites excluding steroid dienone is 1. The predicted molar refractivity (Wildman–Crippen MR) is 109 cm³/mol. The molecule has 5 atom stereocenters. The lowest BCUT2D eigenvalue weighted by Gasteiger charge is -2.34. The molecule has 2 aromatic rings. The summed E-state index contributed by atoms with van der Waals surface area (Å²) in [5.41, 5.74) is 2.50. The SMILES string of the molecule is C=CC1CC2CC1C(COCc1ccccc1)C2COCc1ccccc1. The molecule has 2 aromatic carbocycles. The quantitative estimate of drug-likeness (QED) is 0.549. The lowest BCUT2D eigenvalue weighted by atomic mass is 9.74. The van der Waals surface area contributed by atoms with Crippen LogP contribution in [0.25, 0.3) is 0 Å². The zero-order valence-corrected chi connectivity index (χ0v) is 16.0. The minimum atomic E-state index is 0.589. The van der Waals surface area contributed by atoms with Crippen LogP contribution in [-0.2, 0) is 22.7 Å². The molecule has 2 saturated carbocycles. The Morgan fingerprint density at radius 1 is 0.778 bits per heavy atom. The van der Waals surface area contributed by atoms with Crippen molar-refractivity contribution in [2.45, 2.75) is 26.1 Å². The molecule has 0 heterocycles. The van der Waals surface area contributed by atoms with Gasteiger partial charge >= 0.3 is 0 Å². The largest absolute Gasteiger partial charge is 0.376 e. The lowest BCUT2D eigenvalue weighted by Crippen LogP contribution is -2.33. The lowest BCUT2D eigenvalue weighted by molar-refractivity contribution is -0.00729. The number of fused-ring (bicyclic) bond motifs is 2. The first-order chi connectivity index (χ1) is 13.3. The Morgan fingerprint density at radius 3 is 1.89 bits per heavy atom. The van der Waals surface area contributed by atoms with E-state index >= 15 is 0 Å². The van der Waals surface area contributed by atoms with Crippen LogP contribution in [0.5, 0.6) is 0 Å². The topological polar surface area (TPSA) is 18.5 Å². The van der Waals surface area contributed by atoms with E-state index in [1.165, 1.54) is 24.0 Å². The summed E-state index contributed by atoms with van der Waals surface area (Å²) in [6.07, 6.45) is 4.77. The molecule has 2 heteroatoms. The van der Waals surface area contributed by atoms with Gasteiger partial charge < -0.3 is 9.47 Å². The summed E-state index contributed by atoms with van der Waals surface area (Å²) in [6.45, 7) is 7.16. The van der Waals surface area contributed by atoms with Gasteiger partial charge in [-0.3, -0.25) is 0 Å². The first kappa shape index (κ1) is 18.5. The first-order valence-electron chi connectivity index (χ1n) is 10.2. The molecule has 2 aliphatic carbocycles. The van der Waals surface area contributed by atoms with Gasteiger partial charge in [0.2, 0.25) is 0 Å². The van der Waals surface area contributed by atoms with E-state index in [0.717, 1.165) is 19.1 Å². The Labute approximate surface area is 163 Å². The van der Waals surface area contributed by atoms with Gasteiger partial charge in [0.25, 0.3) is 0 Å². The Balaban J connectivity index is 1.33. The molecular weight excluding hydrogens is 332 g/mol. The average Bonchev–Trinajstić information content (AvgIpc) is 3.28. The van der Waals surface area contributed by atoms with Gasteiger partial charge in [-0.1, -0.05) is 66.7 Å². The van der Waals surface area contributed by atoms with Crippen molar-refractivity contribution in [1.29, 1.82) is 0 Å². The van der Waals surface area contributed by atoms with Crippen LogP contribution in [0.4, 0.5) is 0 Å². The highest BCUT2D eigenvalue weighted by molar-refractivity contribution is 5.14. The van der Waals surface area contributed by atoms with Gasteiger partial charge in [-0.25, -0.2) is 0 Å². The molecule has 0 aromatic heterocycles. The third-order valence-corrected chi connectivity index (χ3v) is 6.55. The molecule has 0 radical (unpaired) electrons. The van der Waals surface area contributed by atoms with Crippen LogP contribution in [0.3, 0.4) is 0 Å². The van der Waals surface area contributed by atoms with Crippen molar-refractivity contribution < 1.29 is 9.47 Å². The minimum absolute atomic E-state index is 0.589. The summed E-state index contributed by atoms with van der Waals surface area (Å²) in [5, 5.41) is 0. The molecule has 5 unspecified atom stereocenters. The van der Waals surface area contributed by atoms with E-state index in [-0.39, 0.29) is 0 Å². The summed E-state index contributed by atoms with van der Waals surface area (Å²) in [6, 6.07) is 20.9. The molecule has 27 heavy (non-hydrogen) atoms. The van der Waals surface area contributed by atoms with Crippen LogP contribution in [0.1, 0.15) is 24.0 Å². The molecule has 2 nitrogen and oxygen atoms in total. The molecule has 0 saturated heterocycles. The molecule has 2 aliphatic rings. The Kier molecular flexibility index (Phi) is 6.06. The number of ether oxygens (including phenoxy) is 2. The highest BCUT2D eigenvalue weighted by atomic mass is 16.5. The van der Waals surface area contributed by atoms with Crippen molar-refractivity contribution in [2.24, 2.45) is 29.6 Å². The fraction of sp³-hybridized carbons (Fsp3) is 0.440. The van der Waals surface area contributed by atoms with Gasteiger partial charge in [0.05, 0.1) is 26.4 Å². The zero-order valence-electron chi connectivity index (χ0n) is 16.0. The van der Waals surface area contributed by atoms with Crippen LogP contribution < -0.4 is 0 Å². The van der Waals surface area contributed by atoms with Crippen molar-refractivity contribution >= 4 is 0 Å². The maximum atomic E-state index is 6.15. The standard InChI is InChI=1S/C25H30O2/c1-2-21-13-22-14-23(21)25(18-27-16-20-11-7-4-8-12-20)24(22)17-26-15-19-9-5-3-6-10-19/h2-12,21-25H,1,13-18H2. The third kappa shape index (κ3) is 4.34. The fourth-order valence-corrected chi connectivity index (χ4v) is 5.21. The third-order valence-electron chi connectivity index (χ3n) is 6.55. The zero-order chi connectivity index (χ0) is 18.5. The van der Waals surface area contributed by atoms with E-state index < -0.39 is 0 Å². The smallest absolute Gasteiger partial charge is 0.0717 e. The summed E-state index contributed by atoms with van der Waals surface area (Å²) in [7, 11) is 0. The minimum Gasteiger partial charge on any atom is -0.376 e. The number of hydrogen-bond donors (Lipinski definition) is 0. The molecule has 2 fully saturated rings. The Morgan fingerprint density at radius 2 is 1.33 bits per heavy atom. The number of benzene rings is 2. The average molecular weight is 363 g/mol. The summed E-state index contributed by atoms with van der Waals surface area (Å²) >= 11 is 0. The van der Waals surface area contributed by atoms with Crippen molar-refractivity contribution in [3.05, 3.63) is 84.4 Å². The van der Waals surface area contributed by atoms with E-state index in [0.29, 0.717) is 36.9 Å². The molecule has 142 valence electrons. The predicted octanol–water partition coefficient (Wildman–Crippen LogP) is 5.49. The molecule has 2 bridgehead atoms. The van der Waals surface area contributed by atoms with E-state index in [2.05, 4.69) is 67.3 Å². The summed E-state index contributed by atoms with van der Waals surface area (Å²) < 4.78 is 12.3. The molecule has 0 spiro atoms. The highest BCUT2D eigenvalue weighted by Crippen LogP contribution is 2.55. The van der Waals surface area contributed by atoms with Gasteiger partial charge in [0.15, 0.2) is 0 Å². The molecular formula is C25H30O2. The monoisotopic (exact) mass is 362 g/mol. The Bertz CT molecular complexity index is 712.